The van der Waals surface area contributed by atoms with Crippen molar-refractivity contribution in [1.29, 1.82) is 0 Å². The fourth-order valence-electron chi connectivity index (χ4n) is 3.78. The zero-order valence-electron chi connectivity index (χ0n) is 16.9. The normalized spacial score (nSPS) is 18.1. The SMILES string of the molecule is CCOC(=O)c1cccc(NS(=O)(=O)c2ccc3c(c2)C[C@@H](C)N3C(=O)C2CC2)c1. The molecule has 7 nitrogen and oxygen atoms in total. The quantitative estimate of drug-likeness (QED) is 0.713. The first kappa shape index (κ1) is 20.4. The van der Waals surface area contributed by atoms with Crippen molar-refractivity contribution in [2.45, 2.75) is 44.0 Å². The Bertz CT molecular complexity index is 1110. The number of anilines is 2. The van der Waals surface area contributed by atoms with Gasteiger partial charge in [-0.25, -0.2) is 13.2 Å². The molecule has 0 aromatic heterocycles. The van der Waals surface area contributed by atoms with Crippen LogP contribution in [0.1, 0.15) is 42.6 Å². The van der Waals surface area contributed by atoms with E-state index in [1.807, 2.05) is 6.92 Å². The van der Waals surface area contributed by atoms with Gasteiger partial charge < -0.3 is 9.64 Å². The summed E-state index contributed by atoms with van der Waals surface area (Å²) in [5.74, 6) is -0.272. The standard InChI is InChI=1S/C22H24N2O5S/c1-3-29-22(26)16-5-4-6-18(12-16)23-30(27,28)19-9-10-20-17(13-19)11-14(2)24(20)21(25)15-7-8-15/h4-6,9-10,12-15,23H,3,7-8,11H2,1-2H3/t14-/m1/s1. The van der Waals surface area contributed by atoms with Crippen LogP contribution in [0.15, 0.2) is 47.4 Å². The van der Waals surface area contributed by atoms with Crippen molar-refractivity contribution in [1.82, 2.24) is 0 Å². The molecule has 1 amide bonds. The Morgan fingerprint density at radius 3 is 2.63 bits per heavy atom. The van der Waals surface area contributed by atoms with Gasteiger partial charge in [0, 0.05) is 23.3 Å². The highest BCUT2D eigenvalue weighted by molar-refractivity contribution is 7.92. The minimum Gasteiger partial charge on any atom is -0.462 e. The van der Waals surface area contributed by atoms with E-state index < -0.39 is 16.0 Å². The Labute approximate surface area is 176 Å². The van der Waals surface area contributed by atoms with Crippen molar-refractivity contribution >= 4 is 33.3 Å². The first-order valence-electron chi connectivity index (χ1n) is 10.1. The van der Waals surface area contributed by atoms with E-state index in [0.29, 0.717) is 6.42 Å². The Balaban J connectivity index is 1.57. The van der Waals surface area contributed by atoms with Crippen LogP contribution in [0.25, 0.3) is 0 Å². The summed E-state index contributed by atoms with van der Waals surface area (Å²) in [6, 6.07) is 11.1. The highest BCUT2D eigenvalue weighted by Gasteiger charge is 2.39. The van der Waals surface area contributed by atoms with Crippen molar-refractivity contribution in [3.05, 3.63) is 53.6 Å². The minimum atomic E-state index is -3.85. The number of carbonyl (C=O) groups excluding carboxylic acids is 2. The molecule has 1 aliphatic carbocycles. The van der Waals surface area contributed by atoms with Gasteiger partial charge in [-0.15, -0.1) is 0 Å². The van der Waals surface area contributed by atoms with Crippen LogP contribution in [0.3, 0.4) is 0 Å². The van der Waals surface area contributed by atoms with Crippen molar-refractivity contribution in [3.63, 3.8) is 0 Å². The molecule has 4 rings (SSSR count). The monoisotopic (exact) mass is 428 g/mol. The predicted molar refractivity (Wildman–Crippen MR) is 113 cm³/mol. The number of nitrogens with zero attached hydrogens (tertiary/aromatic N) is 1. The first-order valence-corrected chi connectivity index (χ1v) is 11.5. The van der Waals surface area contributed by atoms with Crippen LogP contribution < -0.4 is 9.62 Å². The highest BCUT2D eigenvalue weighted by Crippen LogP contribution is 2.39. The largest absolute Gasteiger partial charge is 0.462 e. The van der Waals surface area contributed by atoms with Gasteiger partial charge in [0.25, 0.3) is 10.0 Å². The average molecular weight is 429 g/mol. The van der Waals surface area contributed by atoms with E-state index in [4.69, 9.17) is 4.74 Å². The minimum absolute atomic E-state index is 0.0141. The topological polar surface area (TPSA) is 92.8 Å². The molecule has 0 spiro atoms. The molecule has 1 saturated carbocycles. The first-order chi connectivity index (χ1) is 14.3. The molecule has 1 aliphatic heterocycles. The summed E-state index contributed by atoms with van der Waals surface area (Å²) in [6.45, 7) is 3.93. The van der Waals surface area contributed by atoms with Crippen molar-refractivity contribution < 1.29 is 22.7 Å². The predicted octanol–water partition coefficient (Wildman–Crippen LogP) is 3.35. The van der Waals surface area contributed by atoms with Crippen LogP contribution in [-0.2, 0) is 26.0 Å². The molecule has 0 radical (unpaired) electrons. The van der Waals surface area contributed by atoms with Gasteiger partial charge in [-0.3, -0.25) is 9.52 Å². The maximum atomic E-state index is 12.9. The number of sulfonamides is 1. The van der Waals surface area contributed by atoms with Crippen LogP contribution >= 0.6 is 0 Å². The van der Waals surface area contributed by atoms with Crippen molar-refractivity contribution in [2.24, 2.45) is 5.92 Å². The molecule has 1 atom stereocenters. The van der Waals surface area contributed by atoms with Gasteiger partial charge in [0.2, 0.25) is 5.91 Å². The lowest BCUT2D eigenvalue weighted by atomic mass is 10.1. The molecule has 1 N–H and O–H groups in total. The number of esters is 1. The summed E-state index contributed by atoms with van der Waals surface area (Å²) in [4.78, 5) is 26.4. The molecule has 0 unspecified atom stereocenters. The maximum Gasteiger partial charge on any atom is 0.338 e. The van der Waals surface area contributed by atoms with Crippen LogP contribution in [0, 0.1) is 5.92 Å². The van der Waals surface area contributed by atoms with Gasteiger partial charge in [-0.05, 0) is 75.1 Å². The molecule has 158 valence electrons. The van der Waals surface area contributed by atoms with Gasteiger partial charge in [-0.1, -0.05) is 6.07 Å². The molecule has 0 saturated heterocycles. The van der Waals surface area contributed by atoms with Crippen molar-refractivity contribution in [3.8, 4) is 0 Å². The fourth-order valence-corrected chi connectivity index (χ4v) is 4.88. The summed E-state index contributed by atoms with van der Waals surface area (Å²) in [5.41, 5.74) is 2.19. The summed E-state index contributed by atoms with van der Waals surface area (Å²) in [5, 5.41) is 0. The molecule has 2 aliphatic rings. The lowest BCUT2D eigenvalue weighted by Gasteiger charge is -2.22. The van der Waals surface area contributed by atoms with Gasteiger partial charge in [0.15, 0.2) is 0 Å². The van der Waals surface area contributed by atoms with Gasteiger partial charge in [0.05, 0.1) is 17.1 Å². The third kappa shape index (κ3) is 3.92. The number of hydrogen-bond donors (Lipinski definition) is 1. The van der Waals surface area contributed by atoms with E-state index in [-0.39, 0.29) is 40.6 Å². The number of carbonyl (C=O) groups is 2. The van der Waals surface area contributed by atoms with E-state index >= 15 is 0 Å². The second kappa shape index (κ2) is 7.75. The maximum absolute atomic E-state index is 12.9. The molecule has 2 aromatic rings. The van der Waals surface area contributed by atoms with E-state index in [1.54, 1.807) is 42.2 Å². The van der Waals surface area contributed by atoms with Gasteiger partial charge in [-0.2, -0.15) is 0 Å². The fraction of sp³-hybridized carbons (Fsp3) is 0.364. The Morgan fingerprint density at radius 1 is 1.17 bits per heavy atom. The molecule has 30 heavy (non-hydrogen) atoms. The second-order valence-corrected chi connectivity index (χ2v) is 9.42. The molecule has 0 bridgehead atoms. The van der Waals surface area contributed by atoms with Crippen LogP contribution in [0.5, 0.6) is 0 Å². The summed E-state index contributed by atoms with van der Waals surface area (Å²) in [7, 11) is -3.85. The molecule has 2 aromatic carbocycles. The van der Waals surface area contributed by atoms with Crippen LogP contribution in [0.2, 0.25) is 0 Å². The lowest BCUT2D eigenvalue weighted by molar-refractivity contribution is -0.120. The molecular formula is C22H24N2O5S. The van der Waals surface area contributed by atoms with Gasteiger partial charge in [0.1, 0.15) is 0 Å². The number of nitrogens with one attached hydrogen (secondary N) is 1. The van der Waals surface area contributed by atoms with Crippen LogP contribution in [0.4, 0.5) is 11.4 Å². The third-order valence-corrected chi connectivity index (χ3v) is 6.75. The molecular weight excluding hydrogens is 404 g/mol. The second-order valence-electron chi connectivity index (χ2n) is 7.73. The summed E-state index contributed by atoms with van der Waals surface area (Å²) < 4.78 is 33.3. The number of hydrogen-bond acceptors (Lipinski definition) is 5. The Hall–Kier alpha value is -2.87. The summed E-state index contributed by atoms with van der Waals surface area (Å²) in [6.07, 6.45) is 2.48. The number of amides is 1. The lowest BCUT2D eigenvalue weighted by Crippen LogP contribution is -2.36. The highest BCUT2D eigenvalue weighted by atomic mass is 32.2. The number of benzene rings is 2. The molecule has 1 fully saturated rings. The number of ether oxygens (including phenoxy) is 1. The van der Waals surface area contributed by atoms with E-state index in [9.17, 15) is 18.0 Å². The van der Waals surface area contributed by atoms with Crippen LogP contribution in [-0.4, -0.2) is 32.9 Å². The zero-order chi connectivity index (χ0) is 21.5. The zero-order valence-corrected chi connectivity index (χ0v) is 17.7. The van der Waals surface area contributed by atoms with E-state index in [0.717, 1.165) is 24.1 Å². The van der Waals surface area contributed by atoms with E-state index in [2.05, 4.69) is 4.72 Å². The third-order valence-electron chi connectivity index (χ3n) is 5.37. The smallest absolute Gasteiger partial charge is 0.338 e. The van der Waals surface area contributed by atoms with Crippen molar-refractivity contribution in [2.75, 3.05) is 16.2 Å². The Morgan fingerprint density at radius 2 is 1.93 bits per heavy atom. The summed E-state index contributed by atoms with van der Waals surface area (Å²) >= 11 is 0. The van der Waals surface area contributed by atoms with Gasteiger partial charge >= 0.3 is 5.97 Å². The van der Waals surface area contributed by atoms with E-state index in [1.165, 1.54) is 12.1 Å². The molecule has 1 heterocycles. The average Bonchev–Trinajstić information content (AvgIpc) is 3.49. The Kier molecular flexibility index (Phi) is 5.27. The number of fused-ring (bicyclic) bond motifs is 1. The molecule has 8 heteroatoms. The number of rotatable bonds is 6.